The molecule has 1 aliphatic rings. The van der Waals surface area contributed by atoms with Gasteiger partial charge in [0.2, 0.25) is 0 Å². The molecule has 0 radical (unpaired) electrons. The molecule has 0 bridgehead atoms. The summed E-state index contributed by atoms with van der Waals surface area (Å²) < 4.78 is 39.0. The van der Waals surface area contributed by atoms with Crippen molar-refractivity contribution in [2.75, 3.05) is 18.9 Å². The highest BCUT2D eigenvalue weighted by molar-refractivity contribution is 6.39. The third-order valence-corrected chi connectivity index (χ3v) is 3.91. The second-order valence-corrected chi connectivity index (χ2v) is 5.65. The van der Waals surface area contributed by atoms with E-state index in [4.69, 9.17) is 0 Å². The van der Waals surface area contributed by atoms with Crippen LogP contribution in [0.3, 0.4) is 0 Å². The molecular formula is C15H17F3N2O3. The molecule has 0 heterocycles. The summed E-state index contributed by atoms with van der Waals surface area (Å²) in [5.41, 5.74) is -0.353. The number of nitrogens with zero attached hydrogens (tertiary/aromatic N) is 1. The maximum Gasteiger partial charge on any atom is 0.313 e. The zero-order valence-electron chi connectivity index (χ0n) is 12.5. The monoisotopic (exact) mass is 330 g/mol. The van der Waals surface area contributed by atoms with Gasteiger partial charge in [0.15, 0.2) is 17.5 Å². The number of halogens is 3. The summed E-state index contributed by atoms with van der Waals surface area (Å²) in [6.07, 6.45) is 1.77. The number of anilines is 1. The molecule has 1 fully saturated rings. The molecule has 1 aromatic rings. The molecule has 2 rings (SSSR count). The van der Waals surface area contributed by atoms with Crippen molar-refractivity contribution in [2.24, 2.45) is 5.92 Å². The molecule has 1 saturated carbocycles. The molecule has 0 aliphatic heterocycles. The molecule has 2 amide bonds. The van der Waals surface area contributed by atoms with E-state index in [0.717, 1.165) is 17.7 Å². The summed E-state index contributed by atoms with van der Waals surface area (Å²) in [5.74, 6) is -6.68. The van der Waals surface area contributed by atoms with Crippen LogP contribution in [0.2, 0.25) is 0 Å². The maximum atomic E-state index is 13.1. The second kappa shape index (κ2) is 6.99. The number of hydrogen-bond acceptors (Lipinski definition) is 3. The van der Waals surface area contributed by atoms with Crippen LogP contribution in [-0.4, -0.2) is 41.5 Å². The first kappa shape index (κ1) is 17.3. The van der Waals surface area contributed by atoms with E-state index in [1.54, 1.807) is 0 Å². The highest BCUT2D eigenvalue weighted by Gasteiger charge is 2.29. The zero-order valence-corrected chi connectivity index (χ0v) is 12.5. The molecule has 8 heteroatoms. The predicted molar refractivity (Wildman–Crippen MR) is 75.9 cm³/mol. The van der Waals surface area contributed by atoms with Crippen LogP contribution in [0.25, 0.3) is 0 Å². The molecule has 126 valence electrons. The van der Waals surface area contributed by atoms with Crippen molar-refractivity contribution in [3.05, 3.63) is 29.6 Å². The number of amides is 2. The summed E-state index contributed by atoms with van der Waals surface area (Å²) in [4.78, 5) is 24.9. The highest BCUT2D eigenvalue weighted by Crippen LogP contribution is 2.26. The summed E-state index contributed by atoms with van der Waals surface area (Å²) >= 11 is 0. The molecule has 5 nitrogen and oxygen atoms in total. The summed E-state index contributed by atoms with van der Waals surface area (Å²) in [5, 5.41) is 11.8. The van der Waals surface area contributed by atoms with Crippen LogP contribution in [-0.2, 0) is 9.59 Å². The number of hydrogen-bond donors (Lipinski definition) is 2. The first-order chi connectivity index (χ1) is 10.8. The normalized spacial score (nSPS) is 20.4. The molecule has 23 heavy (non-hydrogen) atoms. The highest BCUT2D eigenvalue weighted by atomic mass is 19.2. The van der Waals surface area contributed by atoms with Crippen LogP contribution in [0.4, 0.5) is 18.9 Å². The topological polar surface area (TPSA) is 69.6 Å². The number of aliphatic hydroxyl groups is 1. The van der Waals surface area contributed by atoms with E-state index >= 15 is 0 Å². The van der Waals surface area contributed by atoms with Gasteiger partial charge in [0, 0.05) is 37.3 Å². The van der Waals surface area contributed by atoms with E-state index in [-0.39, 0.29) is 18.2 Å². The molecule has 2 unspecified atom stereocenters. The first-order valence-electron chi connectivity index (χ1n) is 7.18. The molecule has 0 aromatic heterocycles. The molecule has 1 aromatic carbocycles. The Bertz CT molecular complexity index is 601. The summed E-state index contributed by atoms with van der Waals surface area (Å²) in [6, 6.07) is 1.18. The number of likely N-dealkylation sites (N-methyl/N-ethyl adjacent to an activating group) is 1. The van der Waals surface area contributed by atoms with E-state index in [1.807, 2.05) is 5.32 Å². The van der Waals surface area contributed by atoms with Gasteiger partial charge in [-0.1, -0.05) is 6.42 Å². The SMILES string of the molecule is CN(CC1CCCC1O)C(=O)C(=O)Nc1cc(F)c(F)c(F)c1. The number of carbonyl (C=O) groups is 2. The van der Waals surface area contributed by atoms with Crippen molar-refractivity contribution in [1.82, 2.24) is 4.90 Å². The van der Waals surface area contributed by atoms with Crippen molar-refractivity contribution in [3.8, 4) is 0 Å². The average Bonchev–Trinajstić information content (AvgIpc) is 2.89. The molecule has 1 aliphatic carbocycles. The lowest BCUT2D eigenvalue weighted by molar-refractivity contribution is -0.142. The van der Waals surface area contributed by atoms with Crippen molar-refractivity contribution in [3.63, 3.8) is 0 Å². The van der Waals surface area contributed by atoms with E-state index < -0.39 is 35.4 Å². The van der Waals surface area contributed by atoms with Gasteiger partial charge in [0.05, 0.1) is 6.10 Å². The molecule has 2 atom stereocenters. The average molecular weight is 330 g/mol. The minimum Gasteiger partial charge on any atom is -0.393 e. The third kappa shape index (κ3) is 4.01. The van der Waals surface area contributed by atoms with E-state index in [1.165, 1.54) is 7.05 Å². The van der Waals surface area contributed by atoms with Gasteiger partial charge in [0.25, 0.3) is 0 Å². The molecule has 0 saturated heterocycles. The fourth-order valence-electron chi connectivity index (χ4n) is 2.65. The lowest BCUT2D eigenvalue weighted by atomic mass is 10.1. The lowest BCUT2D eigenvalue weighted by Gasteiger charge is -2.22. The van der Waals surface area contributed by atoms with Gasteiger partial charge in [-0.15, -0.1) is 0 Å². The Labute approximate surface area is 131 Å². The first-order valence-corrected chi connectivity index (χ1v) is 7.18. The van der Waals surface area contributed by atoms with Gasteiger partial charge in [-0.05, 0) is 12.8 Å². The van der Waals surface area contributed by atoms with Crippen molar-refractivity contribution >= 4 is 17.5 Å². The number of carbonyl (C=O) groups excluding carboxylic acids is 2. The van der Waals surface area contributed by atoms with Crippen molar-refractivity contribution in [1.29, 1.82) is 0 Å². The Kier molecular flexibility index (Phi) is 5.25. The molecule has 0 spiro atoms. The van der Waals surface area contributed by atoms with E-state index in [9.17, 15) is 27.9 Å². The Morgan fingerprint density at radius 1 is 1.26 bits per heavy atom. The third-order valence-electron chi connectivity index (χ3n) is 3.91. The number of rotatable bonds is 3. The van der Waals surface area contributed by atoms with E-state index in [2.05, 4.69) is 0 Å². The van der Waals surface area contributed by atoms with Gasteiger partial charge >= 0.3 is 11.8 Å². The largest absolute Gasteiger partial charge is 0.393 e. The summed E-state index contributed by atoms with van der Waals surface area (Å²) in [7, 11) is 1.40. The number of aliphatic hydroxyl groups excluding tert-OH is 1. The van der Waals surface area contributed by atoms with Gasteiger partial charge in [0.1, 0.15) is 0 Å². The fraction of sp³-hybridized carbons (Fsp3) is 0.467. The lowest BCUT2D eigenvalue weighted by Crippen LogP contribution is -2.41. The Balaban J connectivity index is 1.98. The fourth-order valence-corrected chi connectivity index (χ4v) is 2.65. The Morgan fingerprint density at radius 2 is 1.87 bits per heavy atom. The minimum atomic E-state index is -1.65. The number of benzene rings is 1. The predicted octanol–water partition coefficient (Wildman–Crippen LogP) is 1.66. The second-order valence-electron chi connectivity index (χ2n) is 5.65. The van der Waals surface area contributed by atoms with E-state index in [0.29, 0.717) is 18.6 Å². The van der Waals surface area contributed by atoms with Crippen LogP contribution in [0.15, 0.2) is 12.1 Å². The van der Waals surface area contributed by atoms with Gasteiger partial charge in [-0.3, -0.25) is 9.59 Å². The van der Waals surface area contributed by atoms with Crippen LogP contribution in [0, 0.1) is 23.4 Å². The standard InChI is InChI=1S/C15H17F3N2O3/c1-20(7-8-3-2-4-12(8)21)15(23)14(22)19-9-5-10(16)13(18)11(17)6-9/h5-6,8,12,21H,2-4,7H2,1H3,(H,19,22). The Hall–Kier alpha value is -2.09. The maximum absolute atomic E-state index is 13.1. The molecule has 2 N–H and O–H groups in total. The van der Waals surface area contributed by atoms with Crippen molar-refractivity contribution < 1.29 is 27.9 Å². The van der Waals surface area contributed by atoms with Gasteiger partial charge < -0.3 is 15.3 Å². The van der Waals surface area contributed by atoms with Gasteiger partial charge in [-0.25, -0.2) is 13.2 Å². The van der Waals surface area contributed by atoms with Gasteiger partial charge in [-0.2, -0.15) is 0 Å². The van der Waals surface area contributed by atoms with Crippen LogP contribution < -0.4 is 5.32 Å². The number of nitrogens with one attached hydrogen (secondary N) is 1. The van der Waals surface area contributed by atoms with Crippen molar-refractivity contribution in [2.45, 2.75) is 25.4 Å². The minimum absolute atomic E-state index is 0.0996. The molecular weight excluding hydrogens is 313 g/mol. The Morgan fingerprint density at radius 3 is 2.39 bits per heavy atom. The van der Waals surface area contributed by atoms with Crippen LogP contribution >= 0.6 is 0 Å². The van der Waals surface area contributed by atoms with Crippen LogP contribution in [0.5, 0.6) is 0 Å². The van der Waals surface area contributed by atoms with Crippen LogP contribution in [0.1, 0.15) is 19.3 Å². The zero-order chi connectivity index (χ0) is 17.1. The quantitative estimate of drug-likeness (QED) is 0.654. The summed E-state index contributed by atoms with van der Waals surface area (Å²) in [6.45, 7) is 0.208. The smallest absolute Gasteiger partial charge is 0.313 e.